The van der Waals surface area contributed by atoms with Crippen LogP contribution in [0, 0.1) is 17.8 Å². The summed E-state index contributed by atoms with van der Waals surface area (Å²) in [6.45, 7) is 12.7. The Morgan fingerprint density at radius 3 is 2.52 bits per heavy atom. The quantitative estimate of drug-likeness (QED) is 0.207. The van der Waals surface area contributed by atoms with Crippen LogP contribution in [-0.2, 0) is 35.6 Å². The first-order valence-electron chi connectivity index (χ1n) is 14.3. The van der Waals surface area contributed by atoms with Gasteiger partial charge < -0.3 is 9.64 Å². The van der Waals surface area contributed by atoms with Crippen molar-refractivity contribution in [3.63, 3.8) is 0 Å². The van der Waals surface area contributed by atoms with Gasteiger partial charge in [0.2, 0.25) is 5.91 Å². The minimum atomic E-state index is -4.02. The van der Waals surface area contributed by atoms with Crippen LogP contribution in [0.15, 0.2) is 83.9 Å². The fourth-order valence-corrected chi connectivity index (χ4v) is 8.19. The Bertz CT molecular complexity index is 1620. The third kappa shape index (κ3) is 4.60. The Morgan fingerprint density at radius 1 is 1.10 bits per heavy atom. The molecule has 1 fully saturated rings. The van der Waals surface area contributed by atoms with Gasteiger partial charge in [-0.15, -0.1) is 6.58 Å². The molecule has 0 spiro atoms. The summed E-state index contributed by atoms with van der Waals surface area (Å²) in [4.78, 5) is 41.2. The average molecular weight is 589 g/mol. The lowest BCUT2D eigenvalue weighted by Crippen LogP contribution is -2.63. The zero-order valence-corrected chi connectivity index (χ0v) is 25.0. The number of allylic oxidation sites excluding steroid dienone is 1. The molecular weight excluding hydrogens is 552 g/mol. The van der Waals surface area contributed by atoms with Crippen LogP contribution < -0.4 is 4.31 Å². The number of β-lactam (4-membered cyclic amide) rings is 1. The van der Waals surface area contributed by atoms with E-state index in [1.54, 1.807) is 25.1 Å². The highest BCUT2D eigenvalue weighted by molar-refractivity contribution is 7.93. The monoisotopic (exact) mass is 588 g/mol. The average Bonchev–Trinajstić information content (AvgIpc) is 3.21. The number of amides is 1. The highest BCUT2D eigenvalue weighted by Crippen LogP contribution is 2.51. The number of para-hydroxylation sites is 1. The third-order valence-electron chi connectivity index (χ3n) is 8.64. The van der Waals surface area contributed by atoms with Gasteiger partial charge in [0.1, 0.15) is 18.1 Å². The number of Topliss-reactive ketones (excluding diaryl/α,β-unsaturated/α-hetero) is 1. The van der Waals surface area contributed by atoms with Gasteiger partial charge in [-0.25, -0.2) is 13.2 Å². The zero-order chi connectivity index (χ0) is 30.3. The number of rotatable bonds is 11. The van der Waals surface area contributed by atoms with E-state index in [0.717, 1.165) is 24.0 Å². The molecule has 0 aliphatic carbocycles. The van der Waals surface area contributed by atoms with Gasteiger partial charge in [-0.2, -0.15) is 0 Å². The summed E-state index contributed by atoms with van der Waals surface area (Å²) in [5.74, 6) is -2.76. The number of anilines is 1. The minimum Gasteiger partial charge on any atom is -0.457 e. The summed E-state index contributed by atoms with van der Waals surface area (Å²) in [5.41, 5.74) is 3.53. The number of benzene rings is 2. The summed E-state index contributed by atoms with van der Waals surface area (Å²) in [7, 11) is -4.02. The predicted octanol–water partition coefficient (Wildman–Crippen LogP) is 5.06. The molecule has 1 amide bonds. The molecule has 42 heavy (non-hydrogen) atoms. The number of nitrogens with zero attached hydrogens (tertiary/aromatic N) is 2. The van der Waals surface area contributed by atoms with Crippen LogP contribution >= 0.6 is 0 Å². The van der Waals surface area contributed by atoms with E-state index in [0.29, 0.717) is 16.8 Å². The molecule has 4 atom stereocenters. The maximum absolute atomic E-state index is 14.2. The molecule has 0 bridgehead atoms. The van der Waals surface area contributed by atoms with Gasteiger partial charge in [0.25, 0.3) is 10.0 Å². The summed E-state index contributed by atoms with van der Waals surface area (Å²) in [6, 6.07) is 12.3. The van der Waals surface area contributed by atoms with Crippen molar-refractivity contribution in [2.75, 3.05) is 17.5 Å². The largest absolute Gasteiger partial charge is 0.457 e. The molecule has 0 N–H and O–H groups in total. The standard InChI is InChI=1S/C33H36N2O6S/c1-6-11-22-15-16-28-24(18-22)23-13-9-10-14-26(23)34(42(28,39)40)19-25-20(4)30-29(21(5)27(36)12-7-2)32(37)35(30)31(25)33(38)41-17-8-3/h7-10,13-16,18,20-21,29-30H,2-3,6,11-12,17,19H2,1,4-5H3/t20?,21-,29?,30?/m0/s1. The second kappa shape index (κ2) is 11.4. The number of ether oxygens (including phenoxy) is 1. The lowest BCUT2D eigenvalue weighted by atomic mass is 9.72. The van der Waals surface area contributed by atoms with Crippen molar-refractivity contribution in [3.05, 3.63) is 84.6 Å². The molecule has 2 aromatic carbocycles. The molecule has 0 radical (unpaired) electrons. The molecule has 0 saturated carbocycles. The number of ketones is 1. The second-order valence-electron chi connectivity index (χ2n) is 11.1. The van der Waals surface area contributed by atoms with Crippen LogP contribution in [0.1, 0.15) is 39.2 Å². The lowest BCUT2D eigenvalue weighted by molar-refractivity contribution is -0.162. The first-order chi connectivity index (χ1) is 20.1. The summed E-state index contributed by atoms with van der Waals surface area (Å²) in [6.07, 6.45) is 4.86. The fourth-order valence-electron chi connectivity index (χ4n) is 6.54. The normalized spacial score (nSPS) is 22.5. The molecular formula is C33H36N2O6S. The van der Waals surface area contributed by atoms with Crippen molar-refractivity contribution in [1.29, 1.82) is 0 Å². The lowest BCUT2D eigenvalue weighted by Gasteiger charge is -2.47. The Hall–Kier alpha value is -3.98. The number of hydrogen-bond donors (Lipinski definition) is 0. The zero-order valence-electron chi connectivity index (χ0n) is 24.2. The van der Waals surface area contributed by atoms with E-state index >= 15 is 0 Å². The van der Waals surface area contributed by atoms with E-state index < -0.39 is 39.8 Å². The number of carbonyl (C=O) groups excluding carboxylic acids is 3. The van der Waals surface area contributed by atoms with Gasteiger partial charge in [-0.1, -0.05) is 70.2 Å². The van der Waals surface area contributed by atoms with Crippen LogP contribution in [0.4, 0.5) is 5.69 Å². The minimum absolute atomic E-state index is 0.0516. The van der Waals surface area contributed by atoms with Gasteiger partial charge in [0, 0.05) is 29.4 Å². The molecule has 3 heterocycles. The van der Waals surface area contributed by atoms with Crippen molar-refractivity contribution in [3.8, 4) is 11.1 Å². The molecule has 220 valence electrons. The van der Waals surface area contributed by atoms with Crippen molar-refractivity contribution < 1.29 is 27.5 Å². The number of carbonyl (C=O) groups is 3. The Kier molecular flexibility index (Phi) is 7.98. The summed E-state index contributed by atoms with van der Waals surface area (Å²) >= 11 is 0. The summed E-state index contributed by atoms with van der Waals surface area (Å²) in [5, 5.41) is 0. The molecule has 2 aromatic rings. The highest BCUT2D eigenvalue weighted by atomic mass is 32.2. The number of esters is 1. The molecule has 3 aliphatic rings. The van der Waals surface area contributed by atoms with Crippen molar-refractivity contribution in [2.24, 2.45) is 17.8 Å². The SMILES string of the molecule is C=CCOC(=O)C1=C(CN2c3ccccc3-c3cc(CCC)ccc3S2(=O)=O)C(C)C2C([C@@H](C)C(=O)CC=C)C(=O)N12. The second-order valence-corrected chi connectivity index (χ2v) is 13.0. The topological polar surface area (TPSA) is 101 Å². The van der Waals surface area contributed by atoms with E-state index in [1.807, 2.05) is 31.2 Å². The van der Waals surface area contributed by atoms with Crippen molar-refractivity contribution >= 4 is 33.4 Å². The predicted molar refractivity (Wildman–Crippen MR) is 161 cm³/mol. The van der Waals surface area contributed by atoms with E-state index in [-0.39, 0.29) is 41.9 Å². The number of fused-ring (bicyclic) bond motifs is 4. The van der Waals surface area contributed by atoms with E-state index in [4.69, 9.17) is 4.74 Å². The smallest absolute Gasteiger partial charge is 0.355 e. The first-order valence-corrected chi connectivity index (χ1v) is 15.7. The van der Waals surface area contributed by atoms with Crippen LogP contribution in [-0.4, -0.2) is 50.2 Å². The van der Waals surface area contributed by atoms with Gasteiger partial charge >= 0.3 is 5.97 Å². The van der Waals surface area contributed by atoms with Gasteiger partial charge in [-0.3, -0.25) is 13.9 Å². The molecule has 3 unspecified atom stereocenters. The molecule has 8 nitrogen and oxygen atoms in total. The van der Waals surface area contributed by atoms with Gasteiger partial charge in [0.15, 0.2) is 0 Å². The number of hydrogen-bond acceptors (Lipinski definition) is 6. The third-order valence-corrected chi connectivity index (χ3v) is 10.5. The molecule has 5 rings (SSSR count). The maximum atomic E-state index is 14.2. The Morgan fingerprint density at radius 2 is 1.83 bits per heavy atom. The fraction of sp³-hybridized carbons (Fsp3) is 0.364. The van der Waals surface area contributed by atoms with Crippen LogP contribution in [0.25, 0.3) is 11.1 Å². The van der Waals surface area contributed by atoms with Crippen LogP contribution in [0.5, 0.6) is 0 Å². The first kappa shape index (κ1) is 29.5. The van der Waals surface area contributed by atoms with Crippen molar-refractivity contribution in [2.45, 2.75) is 51.0 Å². The number of sulfonamides is 1. The summed E-state index contributed by atoms with van der Waals surface area (Å²) < 4.78 is 35.1. The van der Waals surface area contributed by atoms with Gasteiger partial charge in [0.05, 0.1) is 29.1 Å². The van der Waals surface area contributed by atoms with E-state index in [1.165, 1.54) is 21.4 Å². The van der Waals surface area contributed by atoms with Gasteiger partial charge in [-0.05, 0) is 35.8 Å². The Labute approximate surface area is 247 Å². The van der Waals surface area contributed by atoms with E-state index in [9.17, 15) is 22.8 Å². The van der Waals surface area contributed by atoms with Crippen LogP contribution in [0.3, 0.4) is 0 Å². The molecule has 1 saturated heterocycles. The number of aryl methyl sites for hydroxylation is 1. The van der Waals surface area contributed by atoms with Crippen LogP contribution in [0.2, 0.25) is 0 Å². The van der Waals surface area contributed by atoms with Crippen molar-refractivity contribution in [1.82, 2.24) is 4.90 Å². The molecule has 3 aliphatic heterocycles. The maximum Gasteiger partial charge on any atom is 0.355 e. The van der Waals surface area contributed by atoms with E-state index in [2.05, 4.69) is 20.1 Å². The highest BCUT2D eigenvalue weighted by Gasteiger charge is 2.61. The molecule has 9 heteroatoms. The molecule has 0 aromatic heterocycles. The Balaban J connectivity index is 1.59.